The summed E-state index contributed by atoms with van der Waals surface area (Å²) in [5.41, 5.74) is 0. The zero-order valence-electron chi connectivity index (χ0n) is 52.4. The lowest BCUT2D eigenvalue weighted by atomic mass is 9.99. The van der Waals surface area contributed by atoms with Crippen LogP contribution in [0.15, 0.2) is 0 Å². The number of carbonyl (C=O) groups is 1. The molecule has 7 atom stereocenters. The van der Waals surface area contributed by atoms with E-state index in [0.717, 1.165) is 51.4 Å². The Morgan fingerprint density at radius 3 is 1.00 bits per heavy atom. The number of nitrogens with one attached hydrogen (secondary N) is 1. The normalized spacial score (nSPS) is 18.5. The first-order valence-electron chi connectivity index (χ1n) is 34.9. The summed E-state index contributed by atoms with van der Waals surface area (Å²) in [7, 11) is -5.08. The van der Waals surface area contributed by atoms with Gasteiger partial charge in [-0.2, -0.15) is 8.42 Å². The third kappa shape index (κ3) is 48.3. The molecule has 0 saturated carbocycles. The Morgan fingerprint density at radius 2 is 0.725 bits per heavy atom. The van der Waals surface area contributed by atoms with Crippen molar-refractivity contribution in [2.45, 2.75) is 410 Å². The molecule has 0 aliphatic carbocycles. The summed E-state index contributed by atoms with van der Waals surface area (Å²) < 4.78 is 48.1. The maximum Gasteiger partial charge on any atom is 0.397 e. The van der Waals surface area contributed by atoms with Crippen LogP contribution in [-0.2, 0) is 28.9 Å². The van der Waals surface area contributed by atoms with Crippen LogP contribution in [-0.4, -0.2) is 95.4 Å². The van der Waals surface area contributed by atoms with Crippen molar-refractivity contribution < 1.29 is 51.8 Å². The molecule has 0 bridgehead atoms. The second kappa shape index (κ2) is 57.2. The van der Waals surface area contributed by atoms with Gasteiger partial charge in [0.15, 0.2) is 6.29 Å². The van der Waals surface area contributed by atoms with Crippen molar-refractivity contribution in [1.82, 2.24) is 5.32 Å². The number of carbonyl (C=O) groups excluding carboxylic acids is 1. The van der Waals surface area contributed by atoms with E-state index in [1.165, 1.54) is 289 Å². The van der Waals surface area contributed by atoms with Crippen molar-refractivity contribution in [2.24, 2.45) is 0 Å². The molecule has 0 aromatic carbocycles. The number of hydrogen-bond acceptors (Lipinski definition) is 10. The molecule has 1 fully saturated rings. The number of aliphatic hydroxyl groups excluding tert-OH is 4. The lowest BCUT2D eigenvalue weighted by molar-refractivity contribution is -0.298. The highest BCUT2D eigenvalue weighted by molar-refractivity contribution is 7.80. The van der Waals surface area contributed by atoms with E-state index in [1.54, 1.807) is 0 Å². The van der Waals surface area contributed by atoms with Crippen molar-refractivity contribution >= 4 is 16.3 Å². The molecule has 478 valence electrons. The van der Waals surface area contributed by atoms with E-state index >= 15 is 0 Å². The van der Waals surface area contributed by atoms with E-state index < -0.39 is 59.9 Å². The average Bonchev–Trinajstić information content (AvgIpc) is 3.44. The van der Waals surface area contributed by atoms with E-state index in [4.69, 9.17) is 9.47 Å². The molecule has 0 aromatic heterocycles. The van der Waals surface area contributed by atoms with Crippen LogP contribution in [0.2, 0.25) is 0 Å². The van der Waals surface area contributed by atoms with Gasteiger partial charge in [-0.15, -0.1) is 0 Å². The Balaban J connectivity index is 2.20. The molecule has 1 saturated heterocycles. The number of rotatable bonds is 63. The smallest absolute Gasteiger partial charge is 0.394 e. The fraction of sp³-hybridized carbons (Fsp3) is 0.985. The van der Waals surface area contributed by atoms with Crippen molar-refractivity contribution in [3.8, 4) is 0 Å². The van der Waals surface area contributed by atoms with Gasteiger partial charge in [0, 0.05) is 6.42 Å². The fourth-order valence-corrected chi connectivity index (χ4v) is 12.3. The zero-order valence-corrected chi connectivity index (χ0v) is 53.3. The monoisotopic (exact) mass is 1160 g/mol. The van der Waals surface area contributed by atoms with Crippen LogP contribution < -0.4 is 5.32 Å². The van der Waals surface area contributed by atoms with Gasteiger partial charge in [0.05, 0.1) is 25.4 Å². The maximum atomic E-state index is 13.2. The predicted octanol–water partition coefficient (Wildman–Crippen LogP) is 18.0. The first-order valence-corrected chi connectivity index (χ1v) is 36.3. The van der Waals surface area contributed by atoms with Crippen molar-refractivity contribution in [3.05, 3.63) is 0 Å². The number of amides is 1. The lowest BCUT2D eigenvalue weighted by Gasteiger charge is -2.41. The van der Waals surface area contributed by atoms with E-state index in [-0.39, 0.29) is 12.5 Å². The minimum absolute atomic E-state index is 0.219. The van der Waals surface area contributed by atoms with E-state index in [2.05, 4.69) is 23.3 Å². The van der Waals surface area contributed by atoms with Gasteiger partial charge in [-0.3, -0.25) is 9.35 Å². The molecule has 0 spiro atoms. The Labute approximate surface area is 494 Å². The van der Waals surface area contributed by atoms with E-state index in [0.29, 0.717) is 12.8 Å². The number of aliphatic hydroxyl groups is 4. The summed E-state index contributed by atoms with van der Waals surface area (Å²) >= 11 is 0. The van der Waals surface area contributed by atoms with Crippen LogP contribution in [0, 0.1) is 0 Å². The third-order valence-corrected chi connectivity index (χ3v) is 17.6. The summed E-state index contributed by atoms with van der Waals surface area (Å²) in [5, 5.41) is 45.3. The van der Waals surface area contributed by atoms with Gasteiger partial charge in [-0.25, -0.2) is 4.18 Å². The molecule has 1 aliphatic heterocycles. The molecular formula is C67H133NO11S. The quantitative estimate of drug-likeness (QED) is 0.0251. The SMILES string of the molecule is CCCCCCCCCCCCCCCCCCCCCCCCCCCCCCCCCCC(=O)NC(COC1OC(CO)C(O)C(OS(=O)(=O)O)C1O)C(O)CCCCCCCCCCCCCCCCCCCCCCC. The summed E-state index contributed by atoms with van der Waals surface area (Å²) in [4.78, 5) is 13.2. The first-order chi connectivity index (χ1) is 39.0. The molecule has 80 heavy (non-hydrogen) atoms. The molecule has 1 heterocycles. The third-order valence-electron chi connectivity index (χ3n) is 17.2. The molecule has 13 heteroatoms. The summed E-state index contributed by atoms with van der Waals surface area (Å²) in [6.45, 7) is 3.53. The van der Waals surface area contributed by atoms with Gasteiger partial charge in [0.25, 0.3) is 0 Å². The van der Waals surface area contributed by atoms with Gasteiger partial charge in [-0.05, 0) is 12.8 Å². The van der Waals surface area contributed by atoms with E-state index in [9.17, 15) is 38.2 Å². The first kappa shape index (κ1) is 77.1. The predicted molar refractivity (Wildman–Crippen MR) is 333 cm³/mol. The largest absolute Gasteiger partial charge is 0.397 e. The number of hydrogen-bond donors (Lipinski definition) is 6. The molecule has 1 amide bonds. The Kier molecular flexibility index (Phi) is 55.1. The number of unbranched alkanes of at least 4 members (excludes halogenated alkanes) is 51. The molecule has 12 nitrogen and oxygen atoms in total. The number of ether oxygens (including phenoxy) is 2. The molecule has 0 aromatic rings. The maximum absolute atomic E-state index is 13.2. The van der Waals surface area contributed by atoms with Crippen molar-refractivity contribution in [3.63, 3.8) is 0 Å². The van der Waals surface area contributed by atoms with Gasteiger partial charge < -0.3 is 35.2 Å². The van der Waals surface area contributed by atoms with Crippen LogP contribution >= 0.6 is 0 Å². The minimum atomic E-state index is -5.08. The molecular weight excluding hydrogens is 1030 g/mol. The highest BCUT2D eigenvalue weighted by atomic mass is 32.3. The van der Waals surface area contributed by atoms with Crippen LogP contribution in [0.4, 0.5) is 0 Å². The Morgan fingerprint density at radius 1 is 0.450 bits per heavy atom. The summed E-state index contributed by atoms with van der Waals surface area (Å²) in [6.07, 6.45) is 61.4. The molecule has 7 unspecified atom stereocenters. The van der Waals surface area contributed by atoms with Gasteiger partial charge in [0.2, 0.25) is 5.91 Å². The lowest BCUT2D eigenvalue weighted by Crippen LogP contribution is -2.61. The molecule has 0 radical (unpaired) electrons. The highest BCUT2D eigenvalue weighted by Gasteiger charge is 2.48. The molecule has 1 rings (SSSR count). The summed E-state index contributed by atoms with van der Waals surface area (Å²) in [6, 6.07) is -0.855. The van der Waals surface area contributed by atoms with E-state index in [1.807, 2.05) is 0 Å². The minimum Gasteiger partial charge on any atom is -0.394 e. The van der Waals surface area contributed by atoms with Crippen LogP contribution in [0.3, 0.4) is 0 Å². The fourth-order valence-electron chi connectivity index (χ4n) is 11.8. The second-order valence-corrected chi connectivity index (χ2v) is 25.9. The summed E-state index contributed by atoms with van der Waals surface area (Å²) in [5.74, 6) is -0.219. The highest BCUT2D eigenvalue weighted by Crippen LogP contribution is 2.27. The Hall–Kier alpha value is -0.900. The van der Waals surface area contributed by atoms with Gasteiger partial charge in [-0.1, -0.05) is 348 Å². The standard InChI is InChI=1S/C67H133NO11S/c1-3-5-7-9-11-13-15-17-19-21-23-25-26-27-28-29-30-31-32-33-34-35-37-39-41-43-45-47-49-51-53-55-57-63(71)68-60(59-77-67-65(73)66(79-80(74,75)76)64(72)62(58-69)78-67)61(70)56-54-52-50-48-46-44-42-40-38-36-24-22-20-18-16-14-12-10-8-6-4-2/h60-62,64-67,69-70,72-73H,3-59H2,1-2H3,(H,68,71)(H,74,75,76). The molecule has 1 aliphatic rings. The van der Waals surface area contributed by atoms with Crippen molar-refractivity contribution in [1.29, 1.82) is 0 Å². The van der Waals surface area contributed by atoms with Crippen molar-refractivity contribution in [2.75, 3.05) is 13.2 Å². The van der Waals surface area contributed by atoms with Crippen LogP contribution in [0.5, 0.6) is 0 Å². The van der Waals surface area contributed by atoms with Gasteiger partial charge in [0.1, 0.15) is 24.4 Å². The Bertz CT molecular complexity index is 1410. The topological polar surface area (TPSA) is 192 Å². The van der Waals surface area contributed by atoms with Crippen LogP contribution in [0.25, 0.3) is 0 Å². The van der Waals surface area contributed by atoms with Gasteiger partial charge >= 0.3 is 10.4 Å². The molecule has 6 N–H and O–H groups in total. The average molecular weight is 1160 g/mol. The van der Waals surface area contributed by atoms with Crippen LogP contribution in [0.1, 0.15) is 367 Å². The second-order valence-electron chi connectivity index (χ2n) is 24.8. The zero-order chi connectivity index (χ0) is 58.3.